The molecule has 2 aliphatic rings. The minimum atomic E-state index is -0.238. The average molecular weight is 357 g/mol. The molecule has 0 N–H and O–H groups in total. The molecule has 1 aromatic rings. The van der Waals surface area contributed by atoms with Gasteiger partial charge >= 0.3 is 0 Å². The first-order valence-corrected chi connectivity index (χ1v) is 9.34. The predicted molar refractivity (Wildman–Crippen MR) is 99.2 cm³/mol. The molecule has 1 aliphatic heterocycles. The largest absolute Gasteiger partial charge is 0.489 e. The zero-order chi connectivity index (χ0) is 18.8. The van der Waals surface area contributed by atoms with Crippen LogP contribution in [0.2, 0.25) is 0 Å². The van der Waals surface area contributed by atoms with Crippen LogP contribution in [0.15, 0.2) is 24.3 Å². The Morgan fingerprint density at radius 1 is 0.962 bits per heavy atom. The molecule has 1 aliphatic carbocycles. The van der Waals surface area contributed by atoms with Crippen molar-refractivity contribution in [3.63, 3.8) is 0 Å². The Morgan fingerprint density at radius 3 is 2.04 bits per heavy atom. The fourth-order valence-electron chi connectivity index (χ4n) is 3.32. The molecule has 1 aromatic carbocycles. The third-order valence-electron chi connectivity index (χ3n) is 4.55. The summed E-state index contributed by atoms with van der Waals surface area (Å²) in [6.45, 7) is 9.61. The molecule has 0 aromatic heterocycles. The molecule has 0 bridgehead atoms. The van der Waals surface area contributed by atoms with Gasteiger partial charge in [0.1, 0.15) is 0 Å². The summed E-state index contributed by atoms with van der Waals surface area (Å²) in [7, 11) is 0. The number of amides is 2. The van der Waals surface area contributed by atoms with E-state index in [9.17, 15) is 9.59 Å². The number of rotatable bonds is 7. The standard InChI is InChI=1S/C21H27NO4/c1-13(2)11-25-18-9-15-5-6-17(22-20(23)7-8-21(22)24)16(15)10-19(18)26-12-14(3)4/h7-10,13-14,17H,5-6,11-12H2,1-4H3/t17-/m0/s1. The number of ether oxygens (including phenoxy) is 2. The number of benzene rings is 1. The smallest absolute Gasteiger partial charge is 0.254 e. The van der Waals surface area contributed by atoms with Gasteiger partial charge < -0.3 is 9.47 Å². The third kappa shape index (κ3) is 3.76. The van der Waals surface area contributed by atoms with E-state index in [1.165, 1.54) is 17.1 Å². The van der Waals surface area contributed by atoms with E-state index in [2.05, 4.69) is 27.7 Å². The highest BCUT2D eigenvalue weighted by atomic mass is 16.5. The highest BCUT2D eigenvalue weighted by Gasteiger charge is 2.37. The van der Waals surface area contributed by atoms with Crippen LogP contribution < -0.4 is 9.47 Å². The van der Waals surface area contributed by atoms with Crippen molar-refractivity contribution in [1.82, 2.24) is 4.90 Å². The van der Waals surface area contributed by atoms with Crippen molar-refractivity contribution in [3.05, 3.63) is 35.4 Å². The lowest BCUT2D eigenvalue weighted by molar-refractivity contribution is -0.139. The van der Waals surface area contributed by atoms with E-state index in [0.717, 1.165) is 29.7 Å². The molecule has 0 unspecified atom stereocenters. The van der Waals surface area contributed by atoms with E-state index in [1.54, 1.807) is 0 Å². The second kappa shape index (κ2) is 7.52. The Kier molecular flexibility index (Phi) is 5.35. The molecule has 0 spiro atoms. The Morgan fingerprint density at radius 2 is 1.50 bits per heavy atom. The number of imide groups is 1. The molecule has 0 saturated heterocycles. The highest BCUT2D eigenvalue weighted by molar-refractivity contribution is 6.13. The van der Waals surface area contributed by atoms with Gasteiger partial charge in [0.15, 0.2) is 11.5 Å². The molecule has 5 nitrogen and oxygen atoms in total. The summed E-state index contributed by atoms with van der Waals surface area (Å²) in [6, 6.07) is 3.76. The summed E-state index contributed by atoms with van der Waals surface area (Å²) in [5.74, 6) is 1.77. The molecule has 140 valence electrons. The van der Waals surface area contributed by atoms with Crippen LogP contribution in [-0.4, -0.2) is 29.9 Å². The average Bonchev–Trinajstić information content (AvgIpc) is 3.12. The first-order valence-electron chi connectivity index (χ1n) is 9.34. The number of nitrogens with zero attached hydrogens (tertiary/aromatic N) is 1. The number of hydrogen-bond acceptors (Lipinski definition) is 4. The molecule has 0 radical (unpaired) electrons. The summed E-state index contributed by atoms with van der Waals surface area (Å²) in [5, 5.41) is 0. The molecule has 0 saturated carbocycles. The molecule has 0 fully saturated rings. The fraction of sp³-hybridized carbons (Fsp3) is 0.524. The van der Waals surface area contributed by atoms with Gasteiger partial charge in [-0.3, -0.25) is 14.5 Å². The van der Waals surface area contributed by atoms with Crippen LogP contribution in [0.25, 0.3) is 0 Å². The van der Waals surface area contributed by atoms with E-state index >= 15 is 0 Å². The van der Waals surface area contributed by atoms with Gasteiger partial charge in [0, 0.05) is 12.2 Å². The molecule has 1 heterocycles. The van der Waals surface area contributed by atoms with Crippen LogP contribution in [-0.2, 0) is 16.0 Å². The number of carbonyl (C=O) groups is 2. The highest BCUT2D eigenvalue weighted by Crippen LogP contribution is 2.43. The van der Waals surface area contributed by atoms with Gasteiger partial charge in [0.25, 0.3) is 11.8 Å². The third-order valence-corrected chi connectivity index (χ3v) is 4.55. The summed E-state index contributed by atoms with van der Waals surface area (Å²) < 4.78 is 12.0. The molecule has 1 atom stereocenters. The minimum absolute atomic E-state index is 0.222. The van der Waals surface area contributed by atoms with Crippen molar-refractivity contribution in [2.24, 2.45) is 11.8 Å². The predicted octanol–water partition coefficient (Wildman–Crippen LogP) is 3.67. The van der Waals surface area contributed by atoms with Crippen LogP contribution in [0.1, 0.15) is 51.3 Å². The van der Waals surface area contributed by atoms with Crippen molar-refractivity contribution >= 4 is 11.8 Å². The zero-order valence-corrected chi connectivity index (χ0v) is 16.0. The maximum Gasteiger partial charge on any atom is 0.254 e. The van der Waals surface area contributed by atoms with Gasteiger partial charge in [-0.25, -0.2) is 0 Å². The molecular weight excluding hydrogens is 330 g/mol. The molecular formula is C21H27NO4. The van der Waals surface area contributed by atoms with E-state index in [4.69, 9.17) is 9.47 Å². The van der Waals surface area contributed by atoms with Crippen LogP contribution in [0, 0.1) is 11.8 Å². The van der Waals surface area contributed by atoms with Gasteiger partial charge in [-0.15, -0.1) is 0 Å². The van der Waals surface area contributed by atoms with Gasteiger partial charge in [0.05, 0.1) is 19.3 Å². The van der Waals surface area contributed by atoms with Crippen LogP contribution in [0.5, 0.6) is 11.5 Å². The second-order valence-electron chi connectivity index (χ2n) is 7.84. The van der Waals surface area contributed by atoms with Crippen molar-refractivity contribution < 1.29 is 19.1 Å². The van der Waals surface area contributed by atoms with Crippen molar-refractivity contribution in [1.29, 1.82) is 0 Å². The van der Waals surface area contributed by atoms with Crippen LogP contribution in [0.4, 0.5) is 0 Å². The fourth-order valence-corrected chi connectivity index (χ4v) is 3.32. The summed E-state index contributed by atoms with van der Waals surface area (Å²) >= 11 is 0. The maximum atomic E-state index is 12.1. The number of aryl methyl sites for hydroxylation is 1. The topological polar surface area (TPSA) is 55.8 Å². The van der Waals surface area contributed by atoms with Crippen molar-refractivity contribution in [2.75, 3.05) is 13.2 Å². The monoisotopic (exact) mass is 357 g/mol. The van der Waals surface area contributed by atoms with E-state index in [1.807, 2.05) is 12.1 Å². The normalized spacial score (nSPS) is 19.0. The second-order valence-corrected chi connectivity index (χ2v) is 7.84. The quantitative estimate of drug-likeness (QED) is 0.699. The molecule has 2 amide bonds. The van der Waals surface area contributed by atoms with Gasteiger partial charge in [-0.1, -0.05) is 27.7 Å². The van der Waals surface area contributed by atoms with Gasteiger partial charge in [-0.05, 0) is 47.9 Å². The maximum absolute atomic E-state index is 12.1. The van der Waals surface area contributed by atoms with E-state index in [0.29, 0.717) is 30.8 Å². The molecule has 3 rings (SSSR count). The van der Waals surface area contributed by atoms with Crippen molar-refractivity contribution in [2.45, 2.75) is 46.6 Å². The summed E-state index contributed by atoms with van der Waals surface area (Å²) in [6.07, 6.45) is 4.25. The number of fused-ring (bicyclic) bond motifs is 1. The Balaban J connectivity index is 1.91. The van der Waals surface area contributed by atoms with E-state index in [-0.39, 0.29) is 17.9 Å². The number of carbonyl (C=O) groups excluding carboxylic acids is 2. The summed E-state index contributed by atoms with van der Waals surface area (Å²) in [5.41, 5.74) is 2.12. The van der Waals surface area contributed by atoms with E-state index < -0.39 is 0 Å². The first kappa shape index (κ1) is 18.5. The van der Waals surface area contributed by atoms with Crippen molar-refractivity contribution in [3.8, 4) is 11.5 Å². The lowest BCUT2D eigenvalue weighted by Crippen LogP contribution is -2.33. The zero-order valence-electron chi connectivity index (χ0n) is 16.0. The van der Waals surface area contributed by atoms with Crippen LogP contribution >= 0.6 is 0 Å². The van der Waals surface area contributed by atoms with Gasteiger partial charge in [-0.2, -0.15) is 0 Å². The SMILES string of the molecule is CC(C)COc1cc2c(cc1OCC(C)C)[C@@H](N1C(=O)C=CC1=O)CC2. The Hall–Kier alpha value is -2.30. The number of hydrogen-bond donors (Lipinski definition) is 0. The lowest BCUT2D eigenvalue weighted by Gasteiger charge is -2.24. The Labute approximate surface area is 155 Å². The Bertz CT molecular complexity index is 718. The first-order chi connectivity index (χ1) is 12.4. The molecule has 5 heteroatoms. The van der Waals surface area contributed by atoms with Crippen LogP contribution in [0.3, 0.4) is 0 Å². The molecule has 26 heavy (non-hydrogen) atoms. The lowest BCUT2D eigenvalue weighted by atomic mass is 10.1. The minimum Gasteiger partial charge on any atom is -0.489 e. The summed E-state index contributed by atoms with van der Waals surface area (Å²) in [4.78, 5) is 25.5. The van der Waals surface area contributed by atoms with Gasteiger partial charge in [0.2, 0.25) is 0 Å².